The van der Waals surface area contributed by atoms with E-state index in [0.717, 1.165) is 32.1 Å². The van der Waals surface area contributed by atoms with E-state index >= 15 is 0 Å². The van der Waals surface area contributed by atoms with Gasteiger partial charge in [-0.3, -0.25) is 4.99 Å². The lowest BCUT2D eigenvalue weighted by Gasteiger charge is -2.22. The van der Waals surface area contributed by atoms with Crippen LogP contribution in [0.4, 0.5) is 0 Å². The predicted molar refractivity (Wildman–Crippen MR) is 85.9 cm³/mol. The van der Waals surface area contributed by atoms with E-state index in [2.05, 4.69) is 47.9 Å². The third-order valence-electron chi connectivity index (χ3n) is 3.50. The Morgan fingerprint density at radius 1 is 1.00 bits per heavy atom. The van der Waals surface area contributed by atoms with Crippen molar-refractivity contribution in [3.63, 3.8) is 0 Å². The van der Waals surface area contributed by atoms with Crippen molar-refractivity contribution in [2.75, 3.05) is 46.8 Å². The molecule has 0 unspecified atom stereocenters. The van der Waals surface area contributed by atoms with E-state index < -0.39 is 0 Å². The van der Waals surface area contributed by atoms with Gasteiger partial charge < -0.3 is 15.1 Å². The number of nitrogens with zero attached hydrogens (tertiary/aromatic N) is 3. The maximum Gasteiger partial charge on any atom is 0.193 e. The fourth-order valence-electron chi connectivity index (χ4n) is 2.09. The summed E-state index contributed by atoms with van der Waals surface area (Å²) < 4.78 is 0. The van der Waals surface area contributed by atoms with Gasteiger partial charge in [-0.15, -0.1) is 0 Å². The van der Waals surface area contributed by atoms with E-state index in [1.165, 1.54) is 32.2 Å². The molecule has 0 spiro atoms. The van der Waals surface area contributed by atoms with Crippen LogP contribution >= 0.6 is 0 Å². The summed E-state index contributed by atoms with van der Waals surface area (Å²) in [5.74, 6) is 1.02. The SMILES string of the molecule is CCCCN(C)C(=NC)NCCCCN(CC)CC. The first-order valence-corrected chi connectivity index (χ1v) is 7.83. The number of hydrogen-bond donors (Lipinski definition) is 1. The zero-order valence-electron chi connectivity index (χ0n) is 13.7. The Kier molecular flexibility index (Phi) is 11.8. The Bertz CT molecular complexity index is 224. The summed E-state index contributed by atoms with van der Waals surface area (Å²) in [6.45, 7) is 12.3. The van der Waals surface area contributed by atoms with Gasteiger partial charge in [0.15, 0.2) is 5.96 Å². The average Bonchev–Trinajstić information content (AvgIpc) is 2.44. The Labute approximate surface area is 120 Å². The minimum atomic E-state index is 1.02. The largest absolute Gasteiger partial charge is 0.356 e. The van der Waals surface area contributed by atoms with Crippen molar-refractivity contribution in [3.05, 3.63) is 0 Å². The maximum atomic E-state index is 4.33. The fourth-order valence-corrected chi connectivity index (χ4v) is 2.09. The fraction of sp³-hybridized carbons (Fsp3) is 0.933. The molecular weight excluding hydrogens is 236 g/mol. The van der Waals surface area contributed by atoms with Gasteiger partial charge in [0, 0.05) is 27.2 Å². The summed E-state index contributed by atoms with van der Waals surface area (Å²) >= 11 is 0. The highest BCUT2D eigenvalue weighted by atomic mass is 15.3. The molecule has 0 radical (unpaired) electrons. The Hall–Kier alpha value is -0.770. The standard InChI is InChI=1S/C15H34N4/c1-6-9-13-18(5)15(16-4)17-12-10-11-14-19(7-2)8-3/h6-14H2,1-5H3,(H,16,17). The first-order chi connectivity index (χ1) is 9.19. The van der Waals surface area contributed by atoms with Crippen LogP contribution in [0.5, 0.6) is 0 Å². The van der Waals surface area contributed by atoms with Crippen LogP contribution in [0.15, 0.2) is 4.99 Å². The summed E-state index contributed by atoms with van der Waals surface area (Å²) in [6, 6.07) is 0. The molecule has 19 heavy (non-hydrogen) atoms. The van der Waals surface area contributed by atoms with Gasteiger partial charge in [0.05, 0.1) is 0 Å². The van der Waals surface area contributed by atoms with Crippen LogP contribution < -0.4 is 5.32 Å². The van der Waals surface area contributed by atoms with Gasteiger partial charge >= 0.3 is 0 Å². The molecule has 0 aliphatic carbocycles. The van der Waals surface area contributed by atoms with Crippen molar-refractivity contribution in [2.24, 2.45) is 4.99 Å². The van der Waals surface area contributed by atoms with Crippen LogP contribution in [-0.4, -0.2) is 62.6 Å². The van der Waals surface area contributed by atoms with Crippen molar-refractivity contribution < 1.29 is 0 Å². The molecule has 4 nitrogen and oxygen atoms in total. The topological polar surface area (TPSA) is 30.9 Å². The molecule has 0 aromatic rings. The highest BCUT2D eigenvalue weighted by molar-refractivity contribution is 5.79. The third kappa shape index (κ3) is 8.87. The lowest BCUT2D eigenvalue weighted by Crippen LogP contribution is -2.39. The van der Waals surface area contributed by atoms with Crippen LogP contribution in [-0.2, 0) is 0 Å². The monoisotopic (exact) mass is 270 g/mol. The molecule has 0 aromatic carbocycles. The second-order valence-corrected chi connectivity index (χ2v) is 4.98. The summed E-state index contributed by atoms with van der Waals surface area (Å²) in [6.07, 6.45) is 4.91. The van der Waals surface area contributed by atoms with E-state index in [-0.39, 0.29) is 0 Å². The number of rotatable bonds is 10. The molecule has 0 aliphatic rings. The summed E-state index contributed by atoms with van der Waals surface area (Å²) in [7, 11) is 3.97. The normalized spacial score (nSPS) is 12.0. The quantitative estimate of drug-likeness (QED) is 0.376. The minimum Gasteiger partial charge on any atom is -0.356 e. The van der Waals surface area contributed by atoms with Crippen molar-refractivity contribution >= 4 is 5.96 Å². The Balaban J connectivity index is 3.73. The second-order valence-electron chi connectivity index (χ2n) is 4.98. The first-order valence-electron chi connectivity index (χ1n) is 7.83. The molecule has 0 saturated carbocycles. The number of unbranched alkanes of at least 4 members (excludes halogenated alkanes) is 2. The molecule has 0 rings (SSSR count). The van der Waals surface area contributed by atoms with E-state index in [1.54, 1.807) is 0 Å². The highest BCUT2D eigenvalue weighted by Gasteiger charge is 2.04. The van der Waals surface area contributed by atoms with Crippen LogP contribution in [0.2, 0.25) is 0 Å². The van der Waals surface area contributed by atoms with Gasteiger partial charge in [0.2, 0.25) is 0 Å². The molecule has 114 valence electrons. The average molecular weight is 270 g/mol. The van der Waals surface area contributed by atoms with E-state index in [4.69, 9.17) is 0 Å². The minimum absolute atomic E-state index is 1.02. The van der Waals surface area contributed by atoms with Gasteiger partial charge in [-0.25, -0.2) is 0 Å². The predicted octanol–water partition coefficient (Wildman–Crippen LogP) is 2.42. The van der Waals surface area contributed by atoms with Crippen molar-refractivity contribution in [1.82, 2.24) is 15.1 Å². The van der Waals surface area contributed by atoms with E-state index in [9.17, 15) is 0 Å². The Morgan fingerprint density at radius 3 is 2.21 bits per heavy atom. The van der Waals surface area contributed by atoms with Crippen molar-refractivity contribution in [1.29, 1.82) is 0 Å². The number of nitrogens with one attached hydrogen (secondary N) is 1. The molecule has 0 atom stereocenters. The zero-order valence-corrected chi connectivity index (χ0v) is 13.7. The molecular formula is C15H34N4. The molecule has 0 bridgehead atoms. The van der Waals surface area contributed by atoms with Crippen LogP contribution in [0.25, 0.3) is 0 Å². The van der Waals surface area contributed by atoms with Gasteiger partial charge in [-0.05, 0) is 38.9 Å². The number of aliphatic imine (C=N–C) groups is 1. The molecule has 4 heteroatoms. The van der Waals surface area contributed by atoms with E-state index in [1.807, 2.05) is 7.05 Å². The summed E-state index contributed by atoms with van der Waals surface area (Å²) in [4.78, 5) is 9.02. The van der Waals surface area contributed by atoms with Gasteiger partial charge in [0.1, 0.15) is 0 Å². The highest BCUT2D eigenvalue weighted by Crippen LogP contribution is 1.96. The summed E-state index contributed by atoms with van der Waals surface area (Å²) in [5, 5.41) is 3.45. The van der Waals surface area contributed by atoms with E-state index in [0.29, 0.717) is 0 Å². The lowest BCUT2D eigenvalue weighted by molar-refractivity contribution is 0.297. The zero-order chi connectivity index (χ0) is 14.5. The Morgan fingerprint density at radius 2 is 1.68 bits per heavy atom. The lowest BCUT2D eigenvalue weighted by atomic mass is 10.3. The van der Waals surface area contributed by atoms with Crippen LogP contribution in [0, 0.1) is 0 Å². The molecule has 0 amide bonds. The summed E-state index contributed by atoms with van der Waals surface area (Å²) in [5.41, 5.74) is 0. The molecule has 0 aliphatic heterocycles. The molecule has 0 heterocycles. The molecule has 0 aromatic heterocycles. The number of guanidine groups is 1. The molecule has 0 saturated heterocycles. The first kappa shape index (κ1) is 18.2. The van der Waals surface area contributed by atoms with Gasteiger partial charge in [-0.1, -0.05) is 27.2 Å². The van der Waals surface area contributed by atoms with Crippen LogP contribution in [0.3, 0.4) is 0 Å². The van der Waals surface area contributed by atoms with Crippen molar-refractivity contribution in [2.45, 2.75) is 46.5 Å². The third-order valence-corrected chi connectivity index (χ3v) is 3.50. The van der Waals surface area contributed by atoms with Gasteiger partial charge in [-0.2, -0.15) is 0 Å². The van der Waals surface area contributed by atoms with Crippen LogP contribution in [0.1, 0.15) is 46.5 Å². The number of hydrogen-bond acceptors (Lipinski definition) is 2. The second kappa shape index (κ2) is 12.3. The van der Waals surface area contributed by atoms with Crippen molar-refractivity contribution in [3.8, 4) is 0 Å². The molecule has 1 N–H and O–H groups in total. The van der Waals surface area contributed by atoms with Gasteiger partial charge in [0.25, 0.3) is 0 Å². The molecule has 0 fully saturated rings. The smallest absolute Gasteiger partial charge is 0.193 e. The maximum absolute atomic E-state index is 4.33.